The zero-order valence-electron chi connectivity index (χ0n) is 70.7. The van der Waals surface area contributed by atoms with Crippen molar-refractivity contribution in [3.63, 3.8) is 0 Å². The molecule has 0 fully saturated rings. The molecular weight excluding hydrogens is 1620 g/mol. The Bertz CT molecular complexity index is 3700. The van der Waals surface area contributed by atoms with Gasteiger partial charge in [-0.25, -0.2) is 4.79 Å². The minimum absolute atomic E-state index is 0.00457. The first-order valence-electron chi connectivity index (χ1n) is 40.1. The average Bonchev–Trinajstić information content (AvgIpc) is 0.857. The number of phenolic OH excluding ortho intramolecular Hbond substituents is 1. The van der Waals surface area contributed by atoms with Crippen LogP contribution in [0.1, 0.15) is 143 Å². The highest BCUT2D eigenvalue weighted by atomic mass is 16.4. The second-order valence-corrected chi connectivity index (χ2v) is 29.6. The van der Waals surface area contributed by atoms with Crippen molar-refractivity contribution in [1.82, 2.24) is 84.7 Å². The summed E-state index contributed by atoms with van der Waals surface area (Å²) in [4.78, 5) is 239. The van der Waals surface area contributed by atoms with Gasteiger partial charge >= 0.3 is 5.97 Å². The van der Waals surface area contributed by atoms with Gasteiger partial charge in [-0.1, -0.05) is 12.1 Å². The summed E-state index contributed by atoms with van der Waals surface area (Å²) in [6, 6.07) is -16.5. The highest BCUT2D eigenvalue weighted by Gasteiger charge is 2.39. The van der Waals surface area contributed by atoms with Gasteiger partial charge in [0.1, 0.15) is 84.3 Å². The van der Waals surface area contributed by atoms with E-state index in [0.717, 1.165) is 27.7 Å². The van der Waals surface area contributed by atoms with E-state index in [1.807, 2.05) is 4.90 Å². The third kappa shape index (κ3) is 44.6. The lowest BCUT2D eigenvalue weighted by atomic mass is 10.0. The lowest BCUT2D eigenvalue weighted by Crippen LogP contribution is -2.62. The van der Waals surface area contributed by atoms with Crippen LogP contribution in [-0.2, 0) is 87.9 Å². The number of carbonyl (C=O) groups is 17. The molecule has 0 saturated heterocycles. The maximum absolute atomic E-state index is 14.5. The number of aromatic hydroxyl groups is 1. The summed E-state index contributed by atoms with van der Waals surface area (Å²) in [6.07, 6.45) is -5.11. The van der Waals surface area contributed by atoms with E-state index < -0.39 is 236 Å². The Balaban J connectivity index is 3.42. The van der Waals surface area contributed by atoms with E-state index in [4.69, 9.17) is 45.9 Å². The molecule has 0 bridgehead atoms. The molecule has 0 spiro atoms. The number of hydrogen-bond donors (Lipinski definition) is 29. The van der Waals surface area contributed by atoms with Crippen molar-refractivity contribution >= 4 is 112 Å². The number of nitrogens with two attached hydrogens (primary N) is 8. The number of carboxylic acids is 1. The summed E-state index contributed by atoms with van der Waals surface area (Å²) in [6.45, 7) is 5.01. The number of carbonyl (C=O) groups excluding carboxylic acids is 16. The SMILES string of the molecule is C[C@H](N)C(=O)N[C@@H](CCCN=C(N)N)C(=O)N[C@H](C(=O)N[C@@H](CCCCN)C(=O)N[C@@H](CCC(N)=O)C(=O)N[C@H](C(=O)N[C@@H](C)C(=O)N[C@@H](CCCN=C(N)N)C(=O)N[C@@H](CCCCN(C)C)C(=O)N[C@@H](CO)C(=O)N[C@H](C(=O)NCC(=O)NCC(=O)N[C@@H](CCCCN)C(=O)N[C@@H](C)C(=O)N[C@@H](Cc1ccc(O)cc1)C(=O)O)[C@@H](C)O)[C@@H](C)O)[C@@H](C)O. The number of aliphatic hydroxyl groups is 4. The largest absolute Gasteiger partial charge is 0.508 e. The third-order valence-electron chi connectivity index (χ3n) is 18.4. The normalized spacial score (nSPS) is 15.2. The Hall–Kier alpha value is -11.8. The highest BCUT2D eigenvalue weighted by Crippen LogP contribution is 2.15. The molecule has 0 unspecified atom stereocenters. The highest BCUT2D eigenvalue weighted by molar-refractivity contribution is 6.00. The molecular formula is C74H130N26O23. The molecule has 1 rings (SSSR count). The molecule has 1 aromatic carbocycles. The number of aliphatic carboxylic acids is 1. The molecule has 17 atom stereocenters. The van der Waals surface area contributed by atoms with E-state index in [9.17, 15) is 112 Å². The number of primary amides is 1. The van der Waals surface area contributed by atoms with Crippen LogP contribution in [0.4, 0.5) is 0 Å². The Kier molecular flexibility index (Phi) is 51.8. The van der Waals surface area contributed by atoms with Crippen LogP contribution in [0.5, 0.6) is 5.75 Å². The standard InChI is InChI=1S/C74H130N26O23/c1-37(77)59(109)90-49(21-16-31-84-74(81)82)66(116)99-58(42(6)104)71(121)94-47(18-10-13-29-76)63(113)93-50(26-27-53(78)106)67(117)98-57(41(5)103)70(120)88-39(3)60(110)91-48(20-15-30-83-73(79)80)64(114)92-46(19-11-14-32-100(7)8)65(115)96-52(36-101)68(118)97-56(40(4)102)69(119)86-34-54(107)85-35-55(108)89-45(17-9-12-28-75)62(112)87-38(2)61(111)95-51(72(122)123)33-43-22-24-44(105)25-23-43/h22-25,37-42,45-52,56-58,101-105H,9-21,26-36,75-77H2,1-8H3,(H2,78,106)(H,85,107)(H,86,119)(H,87,112)(H,88,120)(H,89,108)(H,90,109)(H,91,110)(H,92,114)(H,93,113)(H,94,121)(H,95,111)(H,96,115)(H,97,118)(H,98,117)(H,99,116)(H,122,123)(H4,79,80,83)(H4,81,82,84)/t37-,38-,39-,40+,41+,42+,45-,46-,47-,48-,49-,50-,51-,52-,56-,57-,58-/m0/s1. The second-order valence-electron chi connectivity index (χ2n) is 29.6. The van der Waals surface area contributed by atoms with Crippen molar-refractivity contribution in [3.8, 4) is 5.75 Å². The smallest absolute Gasteiger partial charge is 0.326 e. The number of nitrogens with one attached hydrogen (secondary N) is 15. The maximum atomic E-state index is 14.5. The van der Waals surface area contributed by atoms with Crippen molar-refractivity contribution < 1.29 is 112 Å². The summed E-state index contributed by atoms with van der Waals surface area (Å²) >= 11 is 0. The molecule has 123 heavy (non-hydrogen) atoms. The van der Waals surface area contributed by atoms with Gasteiger partial charge in [-0.2, -0.15) is 0 Å². The Morgan fingerprint density at radius 2 is 0.732 bits per heavy atom. The molecule has 0 radical (unpaired) electrons. The molecule has 1 aromatic rings. The van der Waals surface area contributed by atoms with Gasteiger partial charge in [-0.3, -0.25) is 86.7 Å². The van der Waals surface area contributed by atoms with Crippen molar-refractivity contribution in [2.75, 3.05) is 66.5 Å². The Morgan fingerprint density at radius 3 is 1.14 bits per heavy atom. The second kappa shape index (κ2) is 58.3. The monoisotopic (exact) mass is 1750 g/mol. The number of unbranched alkanes of at least 4 members (excludes halogenated alkanes) is 3. The molecule has 0 aliphatic carbocycles. The number of benzene rings is 1. The average molecular weight is 1750 g/mol. The fourth-order valence-electron chi connectivity index (χ4n) is 11.4. The topological polar surface area (TPSA) is 828 Å². The van der Waals surface area contributed by atoms with Crippen molar-refractivity contribution in [2.24, 2.45) is 55.9 Å². The van der Waals surface area contributed by atoms with Crippen LogP contribution in [0.3, 0.4) is 0 Å². The van der Waals surface area contributed by atoms with Gasteiger partial charge in [0.25, 0.3) is 0 Å². The first-order valence-corrected chi connectivity index (χ1v) is 40.1. The molecule has 0 aliphatic rings. The van der Waals surface area contributed by atoms with Crippen LogP contribution < -0.4 is 126 Å². The van der Waals surface area contributed by atoms with Crippen LogP contribution in [0.25, 0.3) is 0 Å². The van der Waals surface area contributed by atoms with E-state index >= 15 is 0 Å². The lowest BCUT2D eigenvalue weighted by Gasteiger charge is -2.29. The zero-order valence-corrected chi connectivity index (χ0v) is 70.7. The minimum Gasteiger partial charge on any atom is -0.508 e. The van der Waals surface area contributed by atoms with E-state index in [0.29, 0.717) is 37.8 Å². The van der Waals surface area contributed by atoms with Crippen molar-refractivity contribution in [2.45, 2.75) is 247 Å². The number of aliphatic hydroxyl groups excluding tert-OH is 4. The number of nitrogens with zero attached hydrogens (tertiary/aromatic N) is 3. The molecule has 694 valence electrons. The zero-order chi connectivity index (χ0) is 93.3. The number of phenols is 1. The van der Waals surface area contributed by atoms with Crippen LogP contribution in [0.15, 0.2) is 34.3 Å². The number of amides is 16. The Morgan fingerprint density at radius 1 is 0.390 bits per heavy atom. The molecule has 0 aliphatic heterocycles. The van der Waals surface area contributed by atoms with E-state index in [1.54, 1.807) is 14.1 Å². The first-order chi connectivity index (χ1) is 57.8. The summed E-state index contributed by atoms with van der Waals surface area (Å²) < 4.78 is 0. The minimum atomic E-state index is -1.95. The number of hydrogen-bond acceptors (Lipinski definition) is 28. The fraction of sp³-hybridized carbons (Fsp3) is 0.662. The number of rotatable bonds is 61. The summed E-state index contributed by atoms with van der Waals surface area (Å²) in [7, 11) is 3.54. The molecule has 49 heteroatoms. The van der Waals surface area contributed by atoms with E-state index in [-0.39, 0.29) is 108 Å². The summed E-state index contributed by atoms with van der Waals surface area (Å²) in [5.41, 5.74) is 44.8. The molecule has 37 N–H and O–H groups in total. The van der Waals surface area contributed by atoms with Crippen LogP contribution >= 0.6 is 0 Å². The maximum Gasteiger partial charge on any atom is 0.326 e. The number of aliphatic imine (C=N–C) groups is 2. The lowest BCUT2D eigenvalue weighted by molar-refractivity contribution is -0.142. The van der Waals surface area contributed by atoms with Crippen LogP contribution in [0.2, 0.25) is 0 Å². The predicted octanol–water partition coefficient (Wildman–Crippen LogP) is -12.6. The summed E-state index contributed by atoms with van der Waals surface area (Å²) in [5.74, 6) is -18.6. The predicted molar refractivity (Wildman–Crippen MR) is 444 cm³/mol. The molecule has 0 heterocycles. The molecule has 0 saturated carbocycles. The van der Waals surface area contributed by atoms with Crippen LogP contribution in [0, 0.1) is 0 Å². The van der Waals surface area contributed by atoms with Crippen molar-refractivity contribution in [1.29, 1.82) is 0 Å². The third-order valence-corrected chi connectivity index (χ3v) is 18.4. The quantitative estimate of drug-likeness (QED) is 0.0164. The van der Waals surface area contributed by atoms with Gasteiger partial charge in [0.05, 0.1) is 44.1 Å². The number of carboxylic acid groups (broad SMARTS) is 1. The van der Waals surface area contributed by atoms with Gasteiger partial charge in [-0.05, 0) is 183 Å². The van der Waals surface area contributed by atoms with Gasteiger partial charge < -0.3 is 161 Å². The van der Waals surface area contributed by atoms with Gasteiger partial charge in [0.2, 0.25) is 94.5 Å². The van der Waals surface area contributed by atoms with Gasteiger partial charge in [-0.15, -0.1) is 0 Å². The molecule has 0 aromatic heterocycles. The molecule has 49 nitrogen and oxygen atoms in total. The van der Waals surface area contributed by atoms with E-state index in [1.165, 1.54) is 38.1 Å². The van der Waals surface area contributed by atoms with Crippen LogP contribution in [-0.4, -0.2) is 317 Å². The van der Waals surface area contributed by atoms with Gasteiger partial charge in [0, 0.05) is 25.9 Å². The van der Waals surface area contributed by atoms with Crippen molar-refractivity contribution in [3.05, 3.63) is 29.8 Å². The Labute approximate surface area is 711 Å². The summed E-state index contributed by atoms with van der Waals surface area (Å²) in [5, 5.41) is 97.7. The molecule has 16 amide bonds. The van der Waals surface area contributed by atoms with Gasteiger partial charge in [0.15, 0.2) is 11.9 Å². The first kappa shape index (κ1) is 109. The van der Waals surface area contributed by atoms with E-state index in [2.05, 4.69) is 89.7 Å². The fourth-order valence-corrected chi connectivity index (χ4v) is 11.4. The number of guanidine groups is 2.